The summed E-state index contributed by atoms with van der Waals surface area (Å²) in [5.74, 6) is -0.118. The Balaban J connectivity index is 1.76. The fraction of sp³-hybridized carbons (Fsp3) is 0.571. The van der Waals surface area contributed by atoms with Crippen LogP contribution in [-0.4, -0.2) is 42.0 Å². The molecular weight excluding hydrogens is 306 g/mol. The second-order valence-electron chi connectivity index (χ2n) is 5.01. The number of carbonyl (C=O) groups is 1. The minimum absolute atomic E-state index is 0.118. The molecule has 0 bridgehead atoms. The number of nitrogens with one attached hydrogen (secondary N) is 1. The van der Waals surface area contributed by atoms with Crippen LogP contribution in [0.5, 0.6) is 0 Å². The van der Waals surface area contributed by atoms with Crippen molar-refractivity contribution in [2.75, 3.05) is 20.1 Å². The van der Waals surface area contributed by atoms with Crippen molar-refractivity contribution >= 4 is 21.8 Å². The van der Waals surface area contributed by atoms with E-state index < -0.39 is 0 Å². The first-order valence-corrected chi connectivity index (χ1v) is 7.56. The molecule has 1 fully saturated rings. The first kappa shape index (κ1) is 14.5. The maximum atomic E-state index is 11.9. The van der Waals surface area contributed by atoms with Gasteiger partial charge in [0, 0.05) is 29.8 Å². The monoisotopic (exact) mass is 325 g/mol. The first-order chi connectivity index (χ1) is 9.18. The van der Waals surface area contributed by atoms with E-state index in [0.29, 0.717) is 18.3 Å². The van der Waals surface area contributed by atoms with Crippen molar-refractivity contribution in [1.82, 2.24) is 15.2 Å². The highest BCUT2D eigenvalue weighted by atomic mass is 79.9. The van der Waals surface area contributed by atoms with Crippen LogP contribution in [-0.2, 0) is 0 Å². The van der Waals surface area contributed by atoms with E-state index in [2.05, 4.69) is 38.2 Å². The molecule has 1 saturated carbocycles. The Labute approximate surface area is 122 Å². The smallest absolute Gasteiger partial charge is 0.271 e. The molecule has 1 heterocycles. The molecule has 2 rings (SSSR count). The van der Waals surface area contributed by atoms with Gasteiger partial charge in [-0.2, -0.15) is 0 Å². The number of halogens is 1. The third-order valence-corrected chi connectivity index (χ3v) is 4.31. The topological polar surface area (TPSA) is 45.2 Å². The van der Waals surface area contributed by atoms with E-state index in [-0.39, 0.29) is 5.91 Å². The van der Waals surface area contributed by atoms with E-state index in [1.165, 1.54) is 25.7 Å². The van der Waals surface area contributed by atoms with E-state index in [4.69, 9.17) is 0 Å². The van der Waals surface area contributed by atoms with Gasteiger partial charge in [0.2, 0.25) is 0 Å². The number of hydrogen-bond donors (Lipinski definition) is 1. The highest BCUT2D eigenvalue weighted by Crippen LogP contribution is 2.21. The predicted octanol–water partition coefficient (Wildman–Crippen LogP) is 2.45. The predicted molar refractivity (Wildman–Crippen MR) is 79.2 cm³/mol. The van der Waals surface area contributed by atoms with Gasteiger partial charge >= 0.3 is 0 Å². The molecule has 1 aliphatic carbocycles. The van der Waals surface area contributed by atoms with Crippen molar-refractivity contribution in [3.63, 3.8) is 0 Å². The minimum atomic E-state index is -0.118. The summed E-state index contributed by atoms with van der Waals surface area (Å²) in [6.07, 6.45) is 6.88. The average Bonchev–Trinajstić information content (AvgIpc) is 2.93. The molecule has 0 saturated heterocycles. The zero-order valence-corrected chi connectivity index (χ0v) is 12.8. The Morgan fingerprint density at radius 1 is 1.53 bits per heavy atom. The molecule has 1 aliphatic rings. The number of carbonyl (C=O) groups excluding carboxylic acids is 1. The van der Waals surface area contributed by atoms with E-state index in [1.807, 2.05) is 6.07 Å². The SMILES string of the molecule is CN(CCNC(=O)c1ncccc1Br)C1CCCC1. The van der Waals surface area contributed by atoms with Crippen molar-refractivity contribution in [3.8, 4) is 0 Å². The molecule has 0 atom stereocenters. The van der Waals surface area contributed by atoms with E-state index in [1.54, 1.807) is 12.3 Å². The summed E-state index contributed by atoms with van der Waals surface area (Å²) in [6, 6.07) is 4.32. The van der Waals surface area contributed by atoms with Crippen molar-refractivity contribution in [1.29, 1.82) is 0 Å². The molecule has 0 unspecified atom stereocenters. The summed E-state index contributed by atoms with van der Waals surface area (Å²) in [6.45, 7) is 1.55. The van der Waals surface area contributed by atoms with Gasteiger partial charge < -0.3 is 10.2 Å². The Kier molecular flexibility index (Phi) is 5.34. The van der Waals surface area contributed by atoms with Gasteiger partial charge in [0.25, 0.3) is 5.91 Å². The number of rotatable bonds is 5. The molecular formula is C14H20BrN3O. The summed E-state index contributed by atoms with van der Waals surface area (Å²) in [7, 11) is 2.14. The van der Waals surface area contributed by atoms with Gasteiger partial charge in [0.1, 0.15) is 5.69 Å². The van der Waals surface area contributed by atoms with Crippen LogP contribution in [0.25, 0.3) is 0 Å². The van der Waals surface area contributed by atoms with Crippen LogP contribution < -0.4 is 5.32 Å². The second kappa shape index (κ2) is 7.01. The summed E-state index contributed by atoms with van der Waals surface area (Å²) in [5.41, 5.74) is 0.450. The molecule has 0 aromatic carbocycles. The highest BCUT2D eigenvalue weighted by molar-refractivity contribution is 9.10. The van der Waals surface area contributed by atoms with Crippen molar-refractivity contribution in [2.45, 2.75) is 31.7 Å². The van der Waals surface area contributed by atoms with E-state index >= 15 is 0 Å². The number of nitrogens with zero attached hydrogens (tertiary/aromatic N) is 2. The number of likely N-dealkylation sites (N-methyl/N-ethyl adjacent to an activating group) is 1. The van der Waals surface area contributed by atoms with Crippen LogP contribution in [0.15, 0.2) is 22.8 Å². The van der Waals surface area contributed by atoms with Gasteiger partial charge in [-0.1, -0.05) is 12.8 Å². The zero-order valence-electron chi connectivity index (χ0n) is 11.2. The lowest BCUT2D eigenvalue weighted by Gasteiger charge is -2.23. The number of hydrogen-bond acceptors (Lipinski definition) is 3. The maximum Gasteiger partial charge on any atom is 0.271 e. The average molecular weight is 326 g/mol. The molecule has 5 heteroatoms. The molecule has 19 heavy (non-hydrogen) atoms. The second-order valence-corrected chi connectivity index (χ2v) is 5.86. The summed E-state index contributed by atoms with van der Waals surface area (Å²) >= 11 is 3.34. The Morgan fingerprint density at radius 2 is 2.26 bits per heavy atom. The van der Waals surface area contributed by atoms with Gasteiger partial charge in [0.05, 0.1) is 0 Å². The van der Waals surface area contributed by atoms with Gasteiger partial charge in [-0.3, -0.25) is 4.79 Å². The lowest BCUT2D eigenvalue weighted by Crippen LogP contribution is -2.37. The number of amides is 1. The number of pyridine rings is 1. The van der Waals surface area contributed by atoms with Crippen molar-refractivity contribution < 1.29 is 4.79 Å². The number of aromatic nitrogens is 1. The molecule has 1 N–H and O–H groups in total. The quantitative estimate of drug-likeness (QED) is 0.904. The minimum Gasteiger partial charge on any atom is -0.349 e. The van der Waals surface area contributed by atoms with Crippen LogP contribution in [0.4, 0.5) is 0 Å². The zero-order chi connectivity index (χ0) is 13.7. The van der Waals surface area contributed by atoms with Gasteiger partial charge in [-0.05, 0) is 48.0 Å². The molecule has 0 aliphatic heterocycles. The summed E-state index contributed by atoms with van der Waals surface area (Å²) < 4.78 is 0.733. The Hall–Kier alpha value is -0.940. The maximum absolute atomic E-state index is 11.9. The fourth-order valence-corrected chi connectivity index (χ4v) is 2.94. The third kappa shape index (κ3) is 4.01. The molecule has 104 valence electrons. The summed E-state index contributed by atoms with van der Waals surface area (Å²) in [4.78, 5) is 18.4. The molecule has 1 aromatic rings. The molecule has 4 nitrogen and oxygen atoms in total. The lowest BCUT2D eigenvalue weighted by molar-refractivity contribution is 0.0941. The molecule has 1 amide bonds. The molecule has 0 radical (unpaired) electrons. The van der Waals surface area contributed by atoms with Crippen LogP contribution in [0, 0.1) is 0 Å². The molecule has 0 spiro atoms. The van der Waals surface area contributed by atoms with Crippen LogP contribution in [0.1, 0.15) is 36.2 Å². The fourth-order valence-electron chi connectivity index (χ4n) is 2.51. The largest absolute Gasteiger partial charge is 0.349 e. The van der Waals surface area contributed by atoms with Crippen molar-refractivity contribution in [3.05, 3.63) is 28.5 Å². The normalized spacial score (nSPS) is 15.9. The highest BCUT2D eigenvalue weighted by Gasteiger charge is 2.19. The Morgan fingerprint density at radius 3 is 2.95 bits per heavy atom. The van der Waals surface area contributed by atoms with Gasteiger partial charge in [-0.25, -0.2) is 4.98 Å². The summed E-state index contributed by atoms with van der Waals surface area (Å²) in [5, 5.41) is 2.92. The van der Waals surface area contributed by atoms with Gasteiger partial charge in [0.15, 0.2) is 0 Å². The van der Waals surface area contributed by atoms with E-state index in [0.717, 1.165) is 11.0 Å². The molecule has 1 aromatic heterocycles. The van der Waals surface area contributed by atoms with Crippen LogP contribution in [0.2, 0.25) is 0 Å². The van der Waals surface area contributed by atoms with Crippen LogP contribution in [0.3, 0.4) is 0 Å². The van der Waals surface area contributed by atoms with Gasteiger partial charge in [-0.15, -0.1) is 0 Å². The first-order valence-electron chi connectivity index (χ1n) is 6.77. The Bertz CT molecular complexity index is 432. The third-order valence-electron chi connectivity index (χ3n) is 3.67. The standard InChI is InChI=1S/C14H20BrN3O/c1-18(11-5-2-3-6-11)10-9-17-14(19)13-12(15)7-4-8-16-13/h4,7-8,11H,2-3,5-6,9-10H2,1H3,(H,17,19). The lowest BCUT2D eigenvalue weighted by atomic mass is 10.2. The van der Waals surface area contributed by atoms with E-state index in [9.17, 15) is 4.79 Å². The van der Waals surface area contributed by atoms with Crippen LogP contribution >= 0.6 is 15.9 Å². The van der Waals surface area contributed by atoms with Crippen molar-refractivity contribution in [2.24, 2.45) is 0 Å².